The molecule has 0 fully saturated rings. The number of fused-ring (bicyclic) bond motifs is 1. The number of hydrogen-bond acceptors (Lipinski definition) is 2. The molecule has 0 saturated carbocycles. The van der Waals surface area contributed by atoms with Crippen molar-refractivity contribution in [1.29, 1.82) is 0 Å². The summed E-state index contributed by atoms with van der Waals surface area (Å²) in [5.41, 5.74) is 2.74. The number of ether oxygens (including phenoxy) is 1. The van der Waals surface area contributed by atoms with Gasteiger partial charge in [0.2, 0.25) is 0 Å². The third kappa shape index (κ3) is 2.81. The van der Waals surface area contributed by atoms with E-state index in [9.17, 15) is 4.79 Å². The first kappa shape index (κ1) is 12.4. The minimum atomic E-state index is -0.559. The van der Waals surface area contributed by atoms with E-state index in [1.807, 2.05) is 26.0 Å². The van der Waals surface area contributed by atoms with Crippen LogP contribution in [-0.4, -0.2) is 11.3 Å². The smallest absolute Gasteiger partial charge is 0.262 e. The Hall–Kier alpha value is -1.02. The number of aryl methyl sites for hydroxylation is 2. The molecule has 0 bridgehead atoms. The monoisotopic (exact) mass is 252 g/mol. The highest BCUT2D eigenvalue weighted by molar-refractivity contribution is 6.64. The molecule has 1 aliphatic rings. The summed E-state index contributed by atoms with van der Waals surface area (Å²) in [5.74, 6) is 0.826. The van der Waals surface area contributed by atoms with Crippen molar-refractivity contribution in [2.24, 2.45) is 5.92 Å². The van der Waals surface area contributed by atoms with Gasteiger partial charge in [-0.2, -0.15) is 0 Å². The molecule has 0 aromatic heterocycles. The molecule has 1 aromatic carbocycles. The zero-order valence-corrected chi connectivity index (χ0v) is 11.0. The predicted molar refractivity (Wildman–Crippen MR) is 68.6 cm³/mol. The summed E-state index contributed by atoms with van der Waals surface area (Å²) in [6.07, 6.45) is 2.91. The topological polar surface area (TPSA) is 26.3 Å². The van der Waals surface area contributed by atoms with E-state index in [1.165, 1.54) is 17.5 Å². The molecular formula is C14H17ClO2. The lowest BCUT2D eigenvalue weighted by molar-refractivity contribution is -0.119. The van der Waals surface area contributed by atoms with E-state index in [2.05, 4.69) is 6.07 Å². The van der Waals surface area contributed by atoms with Gasteiger partial charge < -0.3 is 4.74 Å². The molecule has 3 heteroatoms. The van der Waals surface area contributed by atoms with E-state index in [4.69, 9.17) is 16.3 Å². The number of halogens is 1. The fourth-order valence-electron chi connectivity index (χ4n) is 2.21. The lowest BCUT2D eigenvalue weighted by atomic mass is 10.1. The number of carbonyl (C=O) groups excluding carboxylic acids is 1. The average Bonchev–Trinajstić information content (AvgIpc) is 2.71. The van der Waals surface area contributed by atoms with Crippen molar-refractivity contribution in [2.75, 3.05) is 0 Å². The molecule has 0 saturated heterocycles. The lowest BCUT2D eigenvalue weighted by Crippen LogP contribution is -2.29. The highest BCUT2D eigenvalue weighted by Gasteiger charge is 2.23. The van der Waals surface area contributed by atoms with E-state index in [-0.39, 0.29) is 5.92 Å². The molecule has 0 heterocycles. The quantitative estimate of drug-likeness (QED) is 0.769. The van der Waals surface area contributed by atoms with Gasteiger partial charge in [0.1, 0.15) is 5.75 Å². The third-order valence-corrected chi connectivity index (χ3v) is 3.38. The fourth-order valence-corrected chi connectivity index (χ4v) is 2.51. The summed E-state index contributed by atoms with van der Waals surface area (Å²) < 4.78 is 5.68. The van der Waals surface area contributed by atoms with Crippen LogP contribution >= 0.6 is 11.6 Å². The SMILES string of the molecule is CC(C)C(Oc1ccc2c(c1)CCC2)C(=O)Cl. The molecule has 0 spiro atoms. The Kier molecular flexibility index (Phi) is 3.72. The molecule has 1 atom stereocenters. The molecule has 0 radical (unpaired) electrons. The maximum Gasteiger partial charge on any atom is 0.262 e. The van der Waals surface area contributed by atoms with Crippen molar-refractivity contribution in [1.82, 2.24) is 0 Å². The van der Waals surface area contributed by atoms with Gasteiger partial charge in [0.05, 0.1) is 0 Å². The van der Waals surface area contributed by atoms with Crippen LogP contribution in [0.15, 0.2) is 18.2 Å². The van der Waals surface area contributed by atoms with Crippen LogP contribution in [0.2, 0.25) is 0 Å². The Morgan fingerprint density at radius 3 is 2.65 bits per heavy atom. The van der Waals surface area contributed by atoms with Crippen molar-refractivity contribution in [2.45, 2.75) is 39.2 Å². The van der Waals surface area contributed by atoms with Crippen molar-refractivity contribution in [3.05, 3.63) is 29.3 Å². The van der Waals surface area contributed by atoms with Crippen LogP contribution in [-0.2, 0) is 17.6 Å². The highest BCUT2D eigenvalue weighted by Crippen LogP contribution is 2.27. The minimum Gasteiger partial charge on any atom is -0.481 e. The summed E-state index contributed by atoms with van der Waals surface area (Å²) in [6, 6.07) is 6.06. The first-order valence-electron chi connectivity index (χ1n) is 6.05. The van der Waals surface area contributed by atoms with Crippen molar-refractivity contribution in [3.8, 4) is 5.75 Å². The minimum absolute atomic E-state index is 0.0771. The van der Waals surface area contributed by atoms with Crippen LogP contribution in [0.1, 0.15) is 31.4 Å². The lowest BCUT2D eigenvalue weighted by Gasteiger charge is -2.19. The van der Waals surface area contributed by atoms with E-state index in [0.29, 0.717) is 0 Å². The van der Waals surface area contributed by atoms with Gasteiger partial charge in [0.15, 0.2) is 6.10 Å². The Morgan fingerprint density at radius 2 is 2.00 bits per heavy atom. The highest BCUT2D eigenvalue weighted by atomic mass is 35.5. The van der Waals surface area contributed by atoms with E-state index < -0.39 is 11.3 Å². The molecule has 0 amide bonds. The first-order chi connectivity index (χ1) is 8.08. The van der Waals surface area contributed by atoms with Gasteiger partial charge in [-0.1, -0.05) is 19.9 Å². The Labute approximate surface area is 107 Å². The second kappa shape index (κ2) is 5.09. The first-order valence-corrected chi connectivity index (χ1v) is 6.43. The normalized spacial score (nSPS) is 15.8. The Morgan fingerprint density at radius 1 is 1.29 bits per heavy atom. The number of carbonyl (C=O) groups is 1. The molecule has 17 heavy (non-hydrogen) atoms. The second-order valence-electron chi connectivity index (χ2n) is 4.87. The molecule has 1 aliphatic carbocycles. The molecule has 1 unspecified atom stereocenters. The van der Waals surface area contributed by atoms with Gasteiger partial charge in [0.25, 0.3) is 5.24 Å². The van der Waals surface area contributed by atoms with Gasteiger partial charge in [-0.25, -0.2) is 0 Å². The number of rotatable bonds is 4. The average molecular weight is 253 g/mol. The van der Waals surface area contributed by atoms with Crippen molar-refractivity contribution in [3.63, 3.8) is 0 Å². The number of benzene rings is 1. The molecule has 2 rings (SSSR count). The summed E-state index contributed by atoms with van der Waals surface area (Å²) >= 11 is 5.54. The fraction of sp³-hybridized carbons (Fsp3) is 0.500. The number of hydrogen-bond donors (Lipinski definition) is 0. The third-order valence-electron chi connectivity index (χ3n) is 3.16. The van der Waals surface area contributed by atoms with Gasteiger partial charge in [0, 0.05) is 0 Å². The van der Waals surface area contributed by atoms with Crippen LogP contribution in [0, 0.1) is 5.92 Å². The van der Waals surface area contributed by atoms with Gasteiger partial charge >= 0.3 is 0 Å². The van der Waals surface area contributed by atoms with E-state index >= 15 is 0 Å². The second-order valence-corrected chi connectivity index (χ2v) is 5.24. The predicted octanol–water partition coefficient (Wildman–Crippen LogP) is 3.34. The largest absolute Gasteiger partial charge is 0.481 e. The standard InChI is InChI=1S/C14H17ClO2/c1-9(2)13(14(15)16)17-12-7-6-10-4-3-5-11(10)8-12/h6-9,13H,3-5H2,1-2H3. The molecular weight excluding hydrogens is 236 g/mol. The molecule has 1 aromatic rings. The van der Waals surface area contributed by atoms with E-state index in [1.54, 1.807) is 0 Å². The van der Waals surface area contributed by atoms with Gasteiger partial charge in [-0.3, -0.25) is 4.79 Å². The van der Waals surface area contributed by atoms with Crippen LogP contribution in [0.3, 0.4) is 0 Å². The summed E-state index contributed by atoms with van der Waals surface area (Å²) in [6.45, 7) is 3.86. The van der Waals surface area contributed by atoms with Gasteiger partial charge in [-0.15, -0.1) is 0 Å². The van der Waals surface area contributed by atoms with Crippen molar-refractivity contribution >= 4 is 16.8 Å². The Balaban J connectivity index is 2.15. The summed E-state index contributed by atoms with van der Waals surface area (Å²) in [4.78, 5) is 11.3. The summed E-state index contributed by atoms with van der Waals surface area (Å²) in [7, 11) is 0. The maximum absolute atomic E-state index is 11.3. The van der Waals surface area contributed by atoms with E-state index in [0.717, 1.165) is 18.6 Å². The van der Waals surface area contributed by atoms with Crippen LogP contribution in [0.4, 0.5) is 0 Å². The van der Waals surface area contributed by atoms with Crippen LogP contribution in [0.25, 0.3) is 0 Å². The molecule has 2 nitrogen and oxygen atoms in total. The van der Waals surface area contributed by atoms with Crippen LogP contribution in [0.5, 0.6) is 5.75 Å². The molecule has 0 N–H and O–H groups in total. The maximum atomic E-state index is 11.3. The van der Waals surface area contributed by atoms with Crippen molar-refractivity contribution < 1.29 is 9.53 Å². The zero-order chi connectivity index (χ0) is 12.4. The van der Waals surface area contributed by atoms with Crippen LogP contribution < -0.4 is 4.74 Å². The zero-order valence-electron chi connectivity index (χ0n) is 10.2. The molecule has 0 aliphatic heterocycles. The molecule has 92 valence electrons. The Bertz CT molecular complexity index is 426. The van der Waals surface area contributed by atoms with Gasteiger partial charge in [-0.05, 0) is 60.0 Å². The summed E-state index contributed by atoms with van der Waals surface area (Å²) in [5, 5.41) is -0.430.